The number of benzene rings is 1. The zero-order chi connectivity index (χ0) is 15.1. The van der Waals surface area contributed by atoms with Crippen molar-refractivity contribution in [2.75, 3.05) is 0 Å². The van der Waals surface area contributed by atoms with Gasteiger partial charge in [0.2, 0.25) is 5.91 Å². The van der Waals surface area contributed by atoms with Crippen LogP contribution in [0, 0.1) is 10.6 Å². The number of hydrogen-bond donors (Lipinski definition) is 2. The molecule has 0 aliphatic rings. The summed E-state index contributed by atoms with van der Waals surface area (Å²) in [5, 5.41) is 2.90. The van der Waals surface area contributed by atoms with Gasteiger partial charge < -0.3 is 14.9 Å². The summed E-state index contributed by atoms with van der Waals surface area (Å²) in [5.74, 6) is -0.533. The Morgan fingerprint density at radius 2 is 2.10 bits per heavy atom. The molecule has 20 heavy (non-hydrogen) atoms. The summed E-state index contributed by atoms with van der Waals surface area (Å²) >= 11 is 5.21. The van der Waals surface area contributed by atoms with Crippen LogP contribution < -0.4 is 5.32 Å². The highest BCUT2D eigenvalue weighted by Crippen LogP contribution is 2.21. The lowest BCUT2D eigenvalue weighted by Crippen LogP contribution is -2.43. The van der Waals surface area contributed by atoms with Crippen LogP contribution in [0.4, 0.5) is 4.39 Å². The van der Waals surface area contributed by atoms with Crippen molar-refractivity contribution in [3.05, 3.63) is 28.8 Å². The average Bonchev–Trinajstić information content (AvgIpc) is 2.64. The topological polar surface area (TPSA) is 49.8 Å². The zero-order valence-electron chi connectivity index (χ0n) is 12.0. The van der Waals surface area contributed by atoms with Gasteiger partial charge in [0, 0.05) is 5.54 Å². The van der Waals surface area contributed by atoms with E-state index in [-0.39, 0.29) is 17.3 Å². The molecule has 1 heterocycles. The number of imidazole rings is 1. The third-order valence-corrected chi connectivity index (χ3v) is 3.27. The Morgan fingerprint density at radius 1 is 1.45 bits per heavy atom. The minimum Gasteiger partial charge on any atom is -0.350 e. The molecular formula is C14H18FN3OS. The largest absolute Gasteiger partial charge is 0.350 e. The maximum absolute atomic E-state index is 13.7. The molecule has 1 unspecified atom stereocenters. The first kappa shape index (κ1) is 14.7. The van der Waals surface area contributed by atoms with E-state index in [0.29, 0.717) is 15.8 Å². The molecule has 0 spiro atoms. The molecule has 1 aromatic carbocycles. The summed E-state index contributed by atoms with van der Waals surface area (Å²) in [6, 6.07) is 4.19. The number of carbonyl (C=O) groups excluding carboxylic acids is 1. The standard InChI is InChI=1S/C14H18FN3OS/c1-8(12(19)17-14(2,3)4)18-10-7-5-6-9(15)11(10)16-13(18)20/h5-8H,1-4H3,(H,16,20)(H,17,19). The summed E-state index contributed by atoms with van der Waals surface area (Å²) in [5.41, 5.74) is 0.588. The van der Waals surface area contributed by atoms with Gasteiger partial charge in [0.05, 0.1) is 5.52 Å². The molecule has 0 aliphatic carbocycles. The summed E-state index contributed by atoms with van der Waals surface area (Å²) in [6.07, 6.45) is 0. The van der Waals surface area contributed by atoms with Gasteiger partial charge in [-0.15, -0.1) is 0 Å². The van der Waals surface area contributed by atoms with Crippen molar-refractivity contribution in [2.45, 2.75) is 39.3 Å². The molecule has 1 atom stereocenters. The van der Waals surface area contributed by atoms with E-state index in [1.807, 2.05) is 20.8 Å². The molecule has 2 rings (SSSR count). The molecule has 6 heteroatoms. The number of H-pyrrole nitrogens is 1. The van der Waals surface area contributed by atoms with E-state index in [9.17, 15) is 9.18 Å². The van der Waals surface area contributed by atoms with Crippen molar-refractivity contribution in [1.29, 1.82) is 0 Å². The number of rotatable bonds is 2. The Hall–Kier alpha value is -1.69. The lowest BCUT2D eigenvalue weighted by atomic mass is 10.1. The number of amides is 1. The first-order valence-corrected chi connectivity index (χ1v) is 6.82. The number of carbonyl (C=O) groups is 1. The molecule has 0 aliphatic heterocycles. The fourth-order valence-electron chi connectivity index (χ4n) is 2.09. The van der Waals surface area contributed by atoms with Gasteiger partial charge in [-0.1, -0.05) is 6.07 Å². The van der Waals surface area contributed by atoms with Crippen LogP contribution in [0.2, 0.25) is 0 Å². The van der Waals surface area contributed by atoms with Gasteiger partial charge in [0.25, 0.3) is 0 Å². The number of aromatic amines is 1. The van der Waals surface area contributed by atoms with E-state index in [2.05, 4.69) is 10.3 Å². The van der Waals surface area contributed by atoms with Gasteiger partial charge in [-0.25, -0.2) is 4.39 Å². The van der Waals surface area contributed by atoms with E-state index >= 15 is 0 Å². The fraction of sp³-hybridized carbons (Fsp3) is 0.429. The highest BCUT2D eigenvalue weighted by Gasteiger charge is 2.23. The van der Waals surface area contributed by atoms with Crippen LogP contribution in [0.3, 0.4) is 0 Å². The second kappa shape index (κ2) is 5.01. The van der Waals surface area contributed by atoms with Crippen LogP contribution in [-0.4, -0.2) is 21.0 Å². The summed E-state index contributed by atoms with van der Waals surface area (Å²) in [6.45, 7) is 7.47. The van der Waals surface area contributed by atoms with E-state index in [0.717, 1.165) is 0 Å². The maximum atomic E-state index is 13.7. The predicted molar refractivity (Wildman–Crippen MR) is 79.7 cm³/mol. The second-order valence-corrected chi connectivity index (χ2v) is 6.24. The molecule has 108 valence electrons. The monoisotopic (exact) mass is 295 g/mol. The SMILES string of the molecule is CC(C(=O)NC(C)(C)C)n1c(=S)[nH]c2c(F)cccc21. The van der Waals surface area contributed by atoms with Gasteiger partial charge in [-0.2, -0.15) is 0 Å². The average molecular weight is 295 g/mol. The first-order valence-electron chi connectivity index (χ1n) is 6.41. The summed E-state index contributed by atoms with van der Waals surface area (Å²) in [7, 11) is 0. The second-order valence-electron chi connectivity index (χ2n) is 5.85. The number of para-hydroxylation sites is 1. The van der Waals surface area contributed by atoms with Gasteiger partial charge in [0.15, 0.2) is 4.77 Å². The third-order valence-electron chi connectivity index (χ3n) is 2.97. The van der Waals surface area contributed by atoms with Crippen LogP contribution in [0.15, 0.2) is 18.2 Å². The van der Waals surface area contributed by atoms with Crippen LogP contribution >= 0.6 is 12.2 Å². The first-order chi connectivity index (χ1) is 9.20. The van der Waals surface area contributed by atoms with Crippen molar-refractivity contribution < 1.29 is 9.18 Å². The van der Waals surface area contributed by atoms with E-state index < -0.39 is 6.04 Å². The van der Waals surface area contributed by atoms with Crippen LogP contribution in [0.1, 0.15) is 33.7 Å². The Balaban J connectivity index is 2.48. The van der Waals surface area contributed by atoms with Crippen molar-refractivity contribution in [2.24, 2.45) is 0 Å². The molecule has 1 aromatic heterocycles. The molecule has 2 aromatic rings. The minimum atomic E-state index is -0.516. The Labute approximate surface area is 122 Å². The molecule has 2 N–H and O–H groups in total. The molecule has 0 radical (unpaired) electrons. The van der Waals surface area contributed by atoms with Crippen molar-refractivity contribution in [3.8, 4) is 0 Å². The van der Waals surface area contributed by atoms with Crippen molar-refractivity contribution in [3.63, 3.8) is 0 Å². The number of nitrogens with one attached hydrogen (secondary N) is 2. The van der Waals surface area contributed by atoms with Gasteiger partial charge in [-0.3, -0.25) is 4.79 Å². The van der Waals surface area contributed by atoms with E-state index in [1.165, 1.54) is 6.07 Å². The smallest absolute Gasteiger partial charge is 0.243 e. The van der Waals surface area contributed by atoms with Gasteiger partial charge in [-0.05, 0) is 52.0 Å². The Morgan fingerprint density at radius 3 is 2.70 bits per heavy atom. The number of halogens is 1. The predicted octanol–water partition coefficient (Wildman–Crippen LogP) is 3.31. The van der Waals surface area contributed by atoms with E-state index in [1.54, 1.807) is 23.6 Å². The number of nitrogens with zero attached hydrogens (tertiary/aromatic N) is 1. The molecule has 0 saturated heterocycles. The molecule has 0 fully saturated rings. The third kappa shape index (κ3) is 2.75. The van der Waals surface area contributed by atoms with Crippen LogP contribution in [0.5, 0.6) is 0 Å². The Kier molecular flexibility index (Phi) is 3.69. The van der Waals surface area contributed by atoms with Gasteiger partial charge >= 0.3 is 0 Å². The molecular weight excluding hydrogens is 277 g/mol. The summed E-state index contributed by atoms with van der Waals surface area (Å²) < 4.78 is 15.7. The lowest BCUT2D eigenvalue weighted by molar-refractivity contribution is -0.125. The zero-order valence-corrected chi connectivity index (χ0v) is 12.8. The summed E-state index contributed by atoms with van der Waals surface area (Å²) in [4.78, 5) is 15.1. The van der Waals surface area contributed by atoms with Crippen LogP contribution in [0.25, 0.3) is 11.0 Å². The number of aromatic nitrogens is 2. The number of hydrogen-bond acceptors (Lipinski definition) is 2. The van der Waals surface area contributed by atoms with E-state index in [4.69, 9.17) is 12.2 Å². The highest BCUT2D eigenvalue weighted by atomic mass is 32.1. The maximum Gasteiger partial charge on any atom is 0.243 e. The highest BCUT2D eigenvalue weighted by molar-refractivity contribution is 7.71. The lowest BCUT2D eigenvalue weighted by Gasteiger charge is -2.24. The molecule has 1 amide bonds. The van der Waals surface area contributed by atoms with Crippen molar-refractivity contribution >= 4 is 29.2 Å². The molecule has 4 nitrogen and oxygen atoms in total. The quantitative estimate of drug-likeness (QED) is 0.835. The van der Waals surface area contributed by atoms with Gasteiger partial charge in [0.1, 0.15) is 17.4 Å². The fourth-order valence-corrected chi connectivity index (χ4v) is 2.45. The normalized spacial score (nSPS) is 13.4. The molecule has 0 saturated carbocycles. The van der Waals surface area contributed by atoms with Crippen molar-refractivity contribution in [1.82, 2.24) is 14.9 Å². The van der Waals surface area contributed by atoms with Crippen LogP contribution in [-0.2, 0) is 4.79 Å². The number of fused-ring (bicyclic) bond motifs is 1. The minimum absolute atomic E-state index is 0.154. The molecule has 0 bridgehead atoms. The Bertz CT molecular complexity index is 711.